The molecule has 0 spiro atoms. The molecule has 2 aromatic rings. The summed E-state index contributed by atoms with van der Waals surface area (Å²) in [5.74, 6) is 0.565. The Balaban J connectivity index is 2.17. The van der Waals surface area contributed by atoms with Crippen molar-refractivity contribution in [3.8, 4) is 5.75 Å². The highest BCUT2D eigenvalue weighted by molar-refractivity contribution is 6.63. The monoisotopic (exact) mass is 272 g/mol. The molecule has 3 nitrogen and oxygen atoms in total. The lowest BCUT2D eigenvalue weighted by Gasteiger charge is -2.13. The maximum atomic E-state index is 9.62. The lowest BCUT2D eigenvalue weighted by molar-refractivity contribution is 0.306. The Morgan fingerprint density at radius 3 is 2.55 bits per heavy atom. The molecule has 0 saturated carbocycles. The number of ether oxygens (including phenoxy) is 1. The smallest absolute Gasteiger partial charge is 0.492 e. The van der Waals surface area contributed by atoms with E-state index in [1.165, 1.54) is 12.8 Å². The molecule has 0 heterocycles. The highest BCUT2D eigenvalue weighted by Gasteiger charge is 2.20. The van der Waals surface area contributed by atoms with Crippen molar-refractivity contribution in [1.29, 1.82) is 0 Å². The lowest BCUT2D eigenvalue weighted by Crippen LogP contribution is -2.32. The number of benzene rings is 2. The summed E-state index contributed by atoms with van der Waals surface area (Å²) in [5, 5.41) is 21.0. The Labute approximate surface area is 120 Å². The highest BCUT2D eigenvalue weighted by Crippen LogP contribution is 2.19. The molecule has 106 valence electrons. The van der Waals surface area contributed by atoms with Gasteiger partial charge in [0, 0.05) is 5.46 Å². The molecular weight excluding hydrogens is 251 g/mol. The third kappa shape index (κ3) is 3.53. The van der Waals surface area contributed by atoms with E-state index in [1.807, 2.05) is 36.4 Å². The van der Waals surface area contributed by atoms with E-state index in [9.17, 15) is 10.0 Å². The van der Waals surface area contributed by atoms with Crippen LogP contribution in [-0.4, -0.2) is 23.8 Å². The summed E-state index contributed by atoms with van der Waals surface area (Å²) in [4.78, 5) is 0. The van der Waals surface area contributed by atoms with Gasteiger partial charge in [0.05, 0.1) is 6.61 Å². The Morgan fingerprint density at radius 2 is 1.80 bits per heavy atom. The van der Waals surface area contributed by atoms with Gasteiger partial charge in [0.1, 0.15) is 5.75 Å². The van der Waals surface area contributed by atoms with Crippen LogP contribution in [0.5, 0.6) is 5.75 Å². The highest BCUT2D eigenvalue weighted by atomic mass is 16.5. The van der Waals surface area contributed by atoms with Gasteiger partial charge in [0.25, 0.3) is 0 Å². The normalized spacial score (nSPS) is 10.8. The molecule has 0 amide bonds. The Kier molecular flexibility index (Phi) is 5.44. The summed E-state index contributed by atoms with van der Waals surface area (Å²) in [6, 6.07) is 11.4. The fourth-order valence-corrected chi connectivity index (χ4v) is 2.38. The van der Waals surface area contributed by atoms with Crippen LogP contribution >= 0.6 is 0 Å². The van der Waals surface area contributed by atoms with Crippen molar-refractivity contribution >= 4 is 23.4 Å². The first-order valence-corrected chi connectivity index (χ1v) is 7.24. The minimum atomic E-state index is -1.52. The third-order valence-electron chi connectivity index (χ3n) is 3.44. The summed E-state index contributed by atoms with van der Waals surface area (Å²) in [7, 11) is -1.52. The fraction of sp³-hybridized carbons (Fsp3) is 0.375. The Bertz CT molecular complexity index is 554. The summed E-state index contributed by atoms with van der Waals surface area (Å²) in [6.07, 6.45) is 4.52. The van der Waals surface area contributed by atoms with Crippen LogP contribution in [0.4, 0.5) is 0 Å². The van der Waals surface area contributed by atoms with Gasteiger partial charge < -0.3 is 14.8 Å². The topological polar surface area (TPSA) is 49.7 Å². The number of unbranched alkanes of at least 4 members (excludes halogenated alkanes) is 3. The molecule has 0 radical (unpaired) electrons. The maximum Gasteiger partial charge on any atom is 0.492 e. The van der Waals surface area contributed by atoms with E-state index in [4.69, 9.17) is 4.74 Å². The van der Waals surface area contributed by atoms with E-state index in [1.54, 1.807) is 0 Å². The van der Waals surface area contributed by atoms with Crippen molar-refractivity contribution in [2.24, 2.45) is 0 Å². The molecule has 2 rings (SSSR count). The molecule has 0 aromatic heterocycles. The second kappa shape index (κ2) is 7.32. The molecule has 2 N–H and O–H groups in total. The number of hydrogen-bond donors (Lipinski definition) is 2. The molecule has 0 unspecified atom stereocenters. The van der Waals surface area contributed by atoms with Gasteiger partial charge >= 0.3 is 7.12 Å². The first-order valence-electron chi connectivity index (χ1n) is 7.24. The Hall–Kier alpha value is -1.52. The summed E-state index contributed by atoms with van der Waals surface area (Å²) in [6.45, 7) is 2.78. The number of hydrogen-bond acceptors (Lipinski definition) is 3. The third-order valence-corrected chi connectivity index (χ3v) is 3.44. The maximum absolute atomic E-state index is 9.62. The minimum absolute atomic E-state index is 0.457. The van der Waals surface area contributed by atoms with E-state index >= 15 is 0 Å². The van der Waals surface area contributed by atoms with Crippen LogP contribution in [0.1, 0.15) is 32.6 Å². The summed E-state index contributed by atoms with van der Waals surface area (Å²) < 4.78 is 5.73. The van der Waals surface area contributed by atoms with Crippen LogP contribution in [-0.2, 0) is 0 Å². The molecule has 0 aliphatic rings. The van der Waals surface area contributed by atoms with Crippen LogP contribution in [0.2, 0.25) is 0 Å². The molecule has 2 aromatic carbocycles. The first kappa shape index (κ1) is 14.9. The zero-order chi connectivity index (χ0) is 14.4. The second-order valence-electron chi connectivity index (χ2n) is 4.98. The van der Waals surface area contributed by atoms with Crippen LogP contribution in [0.15, 0.2) is 36.4 Å². The predicted octanol–water partition coefficient (Wildman–Crippen LogP) is 2.48. The van der Waals surface area contributed by atoms with Crippen molar-refractivity contribution < 1.29 is 14.8 Å². The zero-order valence-electron chi connectivity index (χ0n) is 11.9. The zero-order valence-corrected chi connectivity index (χ0v) is 11.9. The molecule has 0 atom stereocenters. The van der Waals surface area contributed by atoms with Crippen molar-refractivity contribution in [1.82, 2.24) is 0 Å². The van der Waals surface area contributed by atoms with Gasteiger partial charge in [0.15, 0.2) is 0 Å². The van der Waals surface area contributed by atoms with Crippen molar-refractivity contribution in [2.75, 3.05) is 6.61 Å². The van der Waals surface area contributed by atoms with E-state index in [2.05, 4.69) is 6.92 Å². The van der Waals surface area contributed by atoms with Gasteiger partial charge in [-0.25, -0.2) is 0 Å². The van der Waals surface area contributed by atoms with E-state index in [0.29, 0.717) is 17.8 Å². The van der Waals surface area contributed by atoms with Gasteiger partial charge in [-0.05, 0) is 23.3 Å². The molecule has 20 heavy (non-hydrogen) atoms. The standard InChI is InChI=1S/C16H21BO3/c1-2-3-4-7-12-20-15-11-10-13-8-5-6-9-14(13)16(15)17(18)19/h5-6,8-11,18-19H,2-4,7,12H2,1H3. The second-order valence-corrected chi connectivity index (χ2v) is 4.98. The predicted molar refractivity (Wildman–Crippen MR) is 83.4 cm³/mol. The van der Waals surface area contributed by atoms with Crippen molar-refractivity contribution in [2.45, 2.75) is 32.6 Å². The molecule has 0 aliphatic carbocycles. The van der Waals surface area contributed by atoms with Crippen LogP contribution in [0, 0.1) is 0 Å². The van der Waals surface area contributed by atoms with E-state index in [-0.39, 0.29) is 0 Å². The van der Waals surface area contributed by atoms with Crippen molar-refractivity contribution in [3.05, 3.63) is 36.4 Å². The van der Waals surface area contributed by atoms with Gasteiger partial charge in [-0.2, -0.15) is 0 Å². The average Bonchev–Trinajstić information content (AvgIpc) is 2.46. The summed E-state index contributed by atoms with van der Waals surface area (Å²) in [5.41, 5.74) is 0.457. The molecule has 0 saturated heterocycles. The number of rotatable bonds is 7. The van der Waals surface area contributed by atoms with Gasteiger partial charge in [-0.3, -0.25) is 0 Å². The number of fused-ring (bicyclic) bond motifs is 1. The average molecular weight is 272 g/mol. The van der Waals surface area contributed by atoms with E-state index in [0.717, 1.165) is 23.6 Å². The fourth-order valence-electron chi connectivity index (χ4n) is 2.38. The lowest BCUT2D eigenvalue weighted by atomic mass is 9.76. The molecule has 0 aliphatic heterocycles. The van der Waals surface area contributed by atoms with E-state index < -0.39 is 7.12 Å². The van der Waals surface area contributed by atoms with Gasteiger partial charge in [0.2, 0.25) is 0 Å². The largest absolute Gasteiger partial charge is 0.494 e. The van der Waals surface area contributed by atoms with Crippen molar-refractivity contribution in [3.63, 3.8) is 0 Å². The van der Waals surface area contributed by atoms with Crippen LogP contribution in [0.25, 0.3) is 10.8 Å². The van der Waals surface area contributed by atoms with Gasteiger partial charge in [-0.15, -0.1) is 0 Å². The molecule has 4 heteroatoms. The Morgan fingerprint density at radius 1 is 1.00 bits per heavy atom. The quantitative estimate of drug-likeness (QED) is 0.601. The van der Waals surface area contributed by atoms with Crippen LogP contribution in [0.3, 0.4) is 0 Å². The SMILES string of the molecule is CCCCCCOc1ccc2ccccc2c1B(O)O. The molecular formula is C16H21BO3. The first-order chi connectivity index (χ1) is 9.74. The molecule has 0 bridgehead atoms. The molecule has 0 fully saturated rings. The summed E-state index contributed by atoms with van der Waals surface area (Å²) >= 11 is 0. The minimum Gasteiger partial charge on any atom is -0.494 e. The van der Waals surface area contributed by atoms with Crippen LogP contribution < -0.4 is 10.2 Å². The van der Waals surface area contributed by atoms with Gasteiger partial charge in [-0.1, -0.05) is 56.5 Å².